The molecule has 2 aliphatic heterocycles. The molecule has 1 aromatic rings. The van der Waals surface area contributed by atoms with Crippen molar-refractivity contribution in [2.75, 3.05) is 17.7 Å². The van der Waals surface area contributed by atoms with Gasteiger partial charge in [0, 0.05) is 7.05 Å². The highest BCUT2D eigenvalue weighted by molar-refractivity contribution is 5.50. The quantitative estimate of drug-likeness (QED) is 0.897. The van der Waals surface area contributed by atoms with Crippen molar-refractivity contribution in [2.24, 2.45) is 0 Å². The molecule has 0 radical (unpaired) electrons. The first-order chi connectivity index (χ1) is 9.45. The zero-order valence-corrected chi connectivity index (χ0v) is 11.0. The van der Waals surface area contributed by atoms with Gasteiger partial charge < -0.3 is 15.4 Å². The van der Waals surface area contributed by atoms with E-state index in [1.54, 1.807) is 7.05 Å². The van der Waals surface area contributed by atoms with Crippen LogP contribution < -0.4 is 10.6 Å². The average Bonchev–Trinajstić information content (AvgIpc) is 2.99. The Morgan fingerprint density at radius 1 is 1.25 bits per heavy atom. The topological polar surface area (TPSA) is 46.2 Å². The van der Waals surface area contributed by atoms with Crippen molar-refractivity contribution in [1.82, 2.24) is 4.98 Å². The van der Waals surface area contributed by atoms with Crippen molar-refractivity contribution in [3.63, 3.8) is 0 Å². The minimum Gasteiger partial charge on any atom is -0.373 e. The second-order valence-electron chi connectivity index (χ2n) is 5.23. The summed E-state index contributed by atoms with van der Waals surface area (Å²) in [5.41, 5.74) is -0.705. The van der Waals surface area contributed by atoms with Crippen molar-refractivity contribution in [1.29, 1.82) is 0 Å². The lowest BCUT2D eigenvalue weighted by Gasteiger charge is -2.21. The summed E-state index contributed by atoms with van der Waals surface area (Å²) in [5, 5.41) is 5.74. The van der Waals surface area contributed by atoms with E-state index in [0.717, 1.165) is 31.4 Å². The molecule has 1 aromatic heterocycles. The Bertz CT molecular complexity index is 506. The van der Waals surface area contributed by atoms with E-state index in [1.165, 1.54) is 0 Å². The number of rotatable bonds is 3. The molecule has 3 atom stereocenters. The standard InChI is InChI=1S/C13H16F3N3O/c1-17-11-4-7(13(14,15)16)5-12(19-11)18-9-6-8-2-3-10(9)20-8/h4-5,8-10H,2-3,6H2,1H3,(H2,17,18,19). The van der Waals surface area contributed by atoms with Gasteiger partial charge in [-0.1, -0.05) is 0 Å². The maximum absolute atomic E-state index is 12.8. The molecule has 2 aliphatic rings. The van der Waals surface area contributed by atoms with E-state index >= 15 is 0 Å². The van der Waals surface area contributed by atoms with Crippen LogP contribution in [0.15, 0.2) is 12.1 Å². The fourth-order valence-electron chi connectivity index (χ4n) is 2.88. The number of fused-ring (bicyclic) bond motifs is 2. The third-order valence-electron chi connectivity index (χ3n) is 3.85. The molecular weight excluding hydrogens is 271 g/mol. The third-order valence-corrected chi connectivity index (χ3v) is 3.85. The van der Waals surface area contributed by atoms with Gasteiger partial charge in [-0.05, 0) is 31.4 Å². The number of halogens is 3. The van der Waals surface area contributed by atoms with Crippen LogP contribution in [-0.4, -0.2) is 30.3 Å². The van der Waals surface area contributed by atoms with Crippen LogP contribution in [-0.2, 0) is 10.9 Å². The molecule has 3 heterocycles. The van der Waals surface area contributed by atoms with Crippen molar-refractivity contribution in [2.45, 2.75) is 43.7 Å². The lowest BCUT2D eigenvalue weighted by Crippen LogP contribution is -2.31. The highest BCUT2D eigenvalue weighted by Crippen LogP contribution is 2.37. The molecule has 2 N–H and O–H groups in total. The van der Waals surface area contributed by atoms with Gasteiger partial charge >= 0.3 is 6.18 Å². The molecule has 0 aliphatic carbocycles. The smallest absolute Gasteiger partial charge is 0.373 e. The first kappa shape index (κ1) is 13.5. The molecule has 20 heavy (non-hydrogen) atoms. The maximum atomic E-state index is 12.8. The molecule has 7 heteroatoms. The summed E-state index contributed by atoms with van der Waals surface area (Å²) < 4.78 is 44.2. The van der Waals surface area contributed by atoms with E-state index in [0.29, 0.717) is 0 Å². The van der Waals surface area contributed by atoms with Gasteiger partial charge in [-0.15, -0.1) is 0 Å². The van der Waals surface area contributed by atoms with Crippen molar-refractivity contribution < 1.29 is 17.9 Å². The van der Waals surface area contributed by atoms with Crippen LogP contribution >= 0.6 is 0 Å². The summed E-state index contributed by atoms with van der Waals surface area (Å²) in [6.07, 6.45) is -1.21. The van der Waals surface area contributed by atoms with Crippen LogP contribution in [0.5, 0.6) is 0 Å². The number of nitrogens with zero attached hydrogens (tertiary/aromatic N) is 1. The normalized spacial score (nSPS) is 28.7. The molecule has 3 rings (SSSR count). The van der Waals surface area contributed by atoms with E-state index in [-0.39, 0.29) is 29.9 Å². The molecule has 0 spiro atoms. The van der Waals surface area contributed by atoms with E-state index in [4.69, 9.17) is 4.74 Å². The SMILES string of the molecule is CNc1cc(C(F)(F)F)cc(NC2CC3CCC2O3)n1. The van der Waals surface area contributed by atoms with Gasteiger partial charge in [-0.2, -0.15) is 13.2 Å². The Morgan fingerprint density at radius 3 is 2.55 bits per heavy atom. The monoisotopic (exact) mass is 287 g/mol. The Kier molecular flexibility index (Phi) is 3.24. The predicted octanol–water partition coefficient (Wildman–Crippen LogP) is 2.87. The second-order valence-corrected chi connectivity index (χ2v) is 5.23. The lowest BCUT2D eigenvalue weighted by molar-refractivity contribution is -0.137. The number of hydrogen-bond acceptors (Lipinski definition) is 4. The molecule has 2 saturated heterocycles. The predicted molar refractivity (Wildman–Crippen MR) is 68.7 cm³/mol. The van der Waals surface area contributed by atoms with Crippen LogP contribution in [0.4, 0.5) is 24.8 Å². The molecule has 3 unspecified atom stereocenters. The number of alkyl halides is 3. The Hall–Kier alpha value is -1.50. The minimum absolute atomic E-state index is 0.0504. The average molecular weight is 287 g/mol. The summed E-state index contributed by atoms with van der Waals surface area (Å²) in [6.45, 7) is 0. The molecule has 110 valence electrons. The van der Waals surface area contributed by atoms with Crippen molar-refractivity contribution >= 4 is 11.6 Å². The molecule has 2 fully saturated rings. The number of nitrogens with one attached hydrogen (secondary N) is 2. The van der Waals surface area contributed by atoms with Gasteiger partial charge in [0.25, 0.3) is 0 Å². The maximum Gasteiger partial charge on any atom is 0.416 e. The molecular formula is C13H16F3N3O. The number of pyridine rings is 1. The van der Waals surface area contributed by atoms with Gasteiger partial charge in [-0.3, -0.25) is 0 Å². The Morgan fingerprint density at radius 2 is 2.00 bits per heavy atom. The number of anilines is 2. The van der Waals surface area contributed by atoms with Gasteiger partial charge in [0.15, 0.2) is 0 Å². The zero-order chi connectivity index (χ0) is 14.3. The Balaban J connectivity index is 1.82. The zero-order valence-electron chi connectivity index (χ0n) is 11.0. The number of hydrogen-bond donors (Lipinski definition) is 2. The summed E-state index contributed by atoms with van der Waals surface area (Å²) in [4.78, 5) is 4.13. The molecule has 2 bridgehead atoms. The first-order valence-electron chi connectivity index (χ1n) is 6.65. The van der Waals surface area contributed by atoms with Gasteiger partial charge in [-0.25, -0.2) is 4.98 Å². The van der Waals surface area contributed by atoms with Crippen LogP contribution in [0, 0.1) is 0 Å². The summed E-state index contributed by atoms with van der Waals surface area (Å²) in [6, 6.07) is 2.10. The fourth-order valence-corrected chi connectivity index (χ4v) is 2.88. The first-order valence-corrected chi connectivity index (χ1v) is 6.65. The largest absolute Gasteiger partial charge is 0.416 e. The van der Waals surface area contributed by atoms with Gasteiger partial charge in [0.1, 0.15) is 11.6 Å². The van der Waals surface area contributed by atoms with E-state index in [9.17, 15) is 13.2 Å². The summed E-state index contributed by atoms with van der Waals surface area (Å²) >= 11 is 0. The van der Waals surface area contributed by atoms with Crippen molar-refractivity contribution in [3.8, 4) is 0 Å². The third kappa shape index (κ3) is 2.54. The van der Waals surface area contributed by atoms with E-state index < -0.39 is 11.7 Å². The molecule has 0 amide bonds. The van der Waals surface area contributed by atoms with Crippen LogP contribution in [0.1, 0.15) is 24.8 Å². The highest BCUT2D eigenvalue weighted by atomic mass is 19.4. The van der Waals surface area contributed by atoms with Crippen LogP contribution in [0.2, 0.25) is 0 Å². The lowest BCUT2D eigenvalue weighted by atomic mass is 9.95. The summed E-state index contributed by atoms with van der Waals surface area (Å²) in [5.74, 6) is 0.441. The second kappa shape index (κ2) is 4.80. The highest BCUT2D eigenvalue weighted by Gasteiger charge is 2.41. The Labute approximate surface area is 114 Å². The van der Waals surface area contributed by atoms with Crippen molar-refractivity contribution in [3.05, 3.63) is 17.7 Å². The van der Waals surface area contributed by atoms with Crippen LogP contribution in [0.25, 0.3) is 0 Å². The summed E-state index contributed by atoms with van der Waals surface area (Å²) in [7, 11) is 1.55. The fraction of sp³-hybridized carbons (Fsp3) is 0.615. The van der Waals surface area contributed by atoms with E-state index in [1.807, 2.05) is 0 Å². The molecule has 4 nitrogen and oxygen atoms in total. The van der Waals surface area contributed by atoms with Gasteiger partial charge in [0.05, 0.1) is 23.8 Å². The molecule has 0 saturated carbocycles. The number of ether oxygens (including phenoxy) is 1. The molecule has 0 aromatic carbocycles. The van der Waals surface area contributed by atoms with Crippen LogP contribution in [0.3, 0.4) is 0 Å². The minimum atomic E-state index is -4.38. The van der Waals surface area contributed by atoms with Gasteiger partial charge in [0.2, 0.25) is 0 Å². The number of aromatic nitrogens is 1. The van der Waals surface area contributed by atoms with E-state index in [2.05, 4.69) is 15.6 Å².